The highest BCUT2D eigenvalue weighted by Crippen LogP contribution is 2.25. The predicted molar refractivity (Wildman–Crippen MR) is 83.8 cm³/mol. The van der Waals surface area contributed by atoms with Gasteiger partial charge in [0.2, 0.25) is 0 Å². The van der Waals surface area contributed by atoms with Crippen LogP contribution >= 0.6 is 15.9 Å². The number of ether oxygens (including phenoxy) is 1. The van der Waals surface area contributed by atoms with Crippen molar-refractivity contribution in [2.45, 2.75) is 31.9 Å². The highest BCUT2D eigenvalue weighted by Gasteiger charge is 2.17. The van der Waals surface area contributed by atoms with Crippen molar-refractivity contribution in [3.8, 4) is 0 Å². The van der Waals surface area contributed by atoms with E-state index in [1.807, 2.05) is 7.05 Å². The smallest absolute Gasteiger partial charge is 0.0749 e. The number of benzene rings is 1. The van der Waals surface area contributed by atoms with E-state index in [-0.39, 0.29) is 0 Å². The van der Waals surface area contributed by atoms with E-state index in [4.69, 9.17) is 4.74 Å². The standard InChI is InChI=1S/C15H23BrN2O/c1-17-10-12-9-13(16)6-7-15(12)18(2)11-14-5-3-4-8-19-14/h6-7,9,14,17H,3-5,8,10-11H2,1-2H3. The van der Waals surface area contributed by atoms with Crippen LogP contribution in [0.2, 0.25) is 0 Å². The maximum atomic E-state index is 5.83. The van der Waals surface area contributed by atoms with Crippen molar-refractivity contribution in [2.75, 3.05) is 32.1 Å². The Morgan fingerprint density at radius 3 is 2.95 bits per heavy atom. The van der Waals surface area contributed by atoms with E-state index in [1.54, 1.807) is 0 Å². The normalized spacial score (nSPS) is 19.4. The van der Waals surface area contributed by atoms with E-state index in [9.17, 15) is 0 Å². The van der Waals surface area contributed by atoms with Gasteiger partial charge in [0.05, 0.1) is 6.10 Å². The first kappa shape index (κ1) is 14.8. The van der Waals surface area contributed by atoms with Crippen LogP contribution in [0.5, 0.6) is 0 Å². The molecule has 3 nitrogen and oxygen atoms in total. The number of hydrogen-bond donors (Lipinski definition) is 1. The fraction of sp³-hybridized carbons (Fsp3) is 0.600. The van der Waals surface area contributed by atoms with Crippen molar-refractivity contribution in [3.63, 3.8) is 0 Å². The van der Waals surface area contributed by atoms with Crippen LogP contribution in [0, 0.1) is 0 Å². The minimum Gasteiger partial charge on any atom is -0.376 e. The number of anilines is 1. The summed E-state index contributed by atoms with van der Waals surface area (Å²) < 4.78 is 6.96. The van der Waals surface area contributed by atoms with E-state index in [1.165, 1.54) is 30.5 Å². The zero-order valence-corrected chi connectivity index (χ0v) is 13.4. The van der Waals surface area contributed by atoms with E-state index >= 15 is 0 Å². The summed E-state index contributed by atoms with van der Waals surface area (Å²) in [4.78, 5) is 2.31. The van der Waals surface area contributed by atoms with Gasteiger partial charge in [-0.2, -0.15) is 0 Å². The van der Waals surface area contributed by atoms with Crippen LogP contribution < -0.4 is 10.2 Å². The maximum Gasteiger partial charge on any atom is 0.0749 e. The molecule has 4 heteroatoms. The molecule has 1 N–H and O–H groups in total. The average Bonchev–Trinajstić information content (AvgIpc) is 2.40. The third-order valence-electron chi connectivity index (χ3n) is 3.57. The first-order valence-corrected chi connectivity index (χ1v) is 7.76. The van der Waals surface area contributed by atoms with Crippen molar-refractivity contribution in [1.29, 1.82) is 0 Å². The Morgan fingerprint density at radius 1 is 1.42 bits per heavy atom. The van der Waals surface area contributed by atoms with Gasteiger partial charge in [0.15, 0.2) is 0 Å². The number of halogens is 1. The molecule has 1 saturated heterocycles. The number of likely N-dealkylation sites (N-methyl/N-ethyl adjacent to an activating group) is 1. The Labute approximate surface area is 124 Å². The molecule has 0 aliphatic carbocycles. The minimum atomic E-state index is 0.379. The summed E-state index contributed by atoms with van der Waals surface area (Å²) in [6, 6.07) is 6.47. The highest BCUT2D eigenvalue weighted by molar-refractivity contribution is 9.10. The molecule has 0 aromatic heterocycles. The summed E-state index contributed by atoms with van der Waals surface area (Å²) in [7, 11) is 4.13. The molecule has 0 bridgehead atoms. The number of rotatable bonds is 5. The molecule has 1 atom stereocenters. The Hall–Kier alpha value is -0.580. The quantitative estimate of drug-likeness (QED) is 0.899. The molecule has 0 radical (unpaired) electrons. The monoisotopic (exact) mass is 326 g/mol. The van der Waals surface area contributed by atoms with E-state index in [0.717, 1.165) is 24.2 Å². The van der Waals surface area contributed by atoms with Crippen LogP contribution in [0.4, 0.5) is 5.69 Å². The molecule has 1 aliphatic rings. The van der Waals surface area contributed by atoms with Crippen molar-refractivity contribution < 1.29 is 4.74 Å². The second-order valence-electron chi connectivity index (χ2n) is 5.17. The first-order chi connectivity index (χ1) is 9.20. The highest BCUT2D eigenvalue weighted by atomic mass is 79.9. The Balaban J connectivity index is 2.06. The third kappa shape index (κ3) is 4.20. The third-order valence-corrected chi connectivity index (χ3v) is 4.06. The summed E-state index contributed by atoms with van der Waals surface area (Å²) >= 11 is 3.54. The van der Waals surface area contributed by atoms with Crippen molar-refractivity contribution >= 4 is 21.6 Å². The van der Waals surface area contributed by atoms with Gasteiger partial charge < -0.3 is 15.0 Å². The Bertz CT molecular complexity index is 405. The predicted octanol–water partition coefficient (Wildman–Crippen LogP) is 3.17. The minimum absolute atomic E-state index is 0.379. The molecular weight excluding hydrogens is 304 g/mol. The SMILES string of the molecule is CNCc1cc(Br)ccc1N(C)CC1CCCCO1. The van der Waals surface area contributed by atoms with Crippen LogP contribution in [0.1, 0.15) is 24.8 Å². The van der Waals surface area contributed by atoms with Gasteiger partial charge in [-0.15, -0.1) is 0 Å². The molecule has 19 heavy (non-hydrogen) atoms. The molecule has 0 amide bonds. The number of hydrogen-bond acceptors (Lipinski definition) is 3. The molecule has 1 aromatic carbocycles. The molecule has 0 saturated carbocycles. The van der Waals surface area contributed by atoms with Crippen LogP contribution in [-0.2, 0) is 11.3 Å². The zero-order chi connectivity index (χ0) is 13.7. The molecule has 1 unspecified atom stereocenters. The van der Waals surface area contributed by atoms with Crippen molar-refractivity contribution in [2.24, 2.45) is 0 Å². The van der Waals surface area contributed by atoms with Gasteiger partial charge in [0.25, 0.3) is 0 Å². The lowest BCUT2D eigenvalue weighted by Gasteiger charge is -2.30. The summed E-state index contributed by atoms with van der Waals surface area (Å²) in [5, 5.41) is 3.23. The largest absolute Gasteiger partial charge is 0.376 e. The van der Waals surface area contributed by atoms with Crippen molar-refractivity contribution in [3.05, 3.63) is 28.2 Å². The fourth-order valence-corrected chi connectivity index (χ4v) is 3.02. The second kappa shape index (κ2) is 7.27. The van der Waals surface area contributed by atoms with Crippen LogP contribution in [0.25, 0.3) is 0 Å². The molecule has 1 aromatic rings. The van der Waals surface area contributed by atoms with Crippen LogP contribution in [0.3, 0.4) is 0 Å². The van der Waals surface area contributed by atoms with Gasteiger partial charge in [-0.05, 0) is 50.1 Å². The summed E-state index contributed by atoms with van der Waals surface area (Å²) in [6.07, 6.45) is 4.07. The molecule has 2 rings (SSSR count). The van der Waals surface area contributed by atoms with Gasteiger partial charge in [-0.1, -0.05) is 15.9 Å². The maximum absolute atomic E-state index is 5.83. The molecule has 1 fully saturated rings. The molecule has 1 aliphatic heterocycles. The topological polar surface area (TPSA) is 24.5 Å². The molecule has 1 heterocycles. The molecule has 106 valence electrons. The van der Waals surface area contributed by atoms with Gasteiger partial charge in [-0.25, -0.2) is 0 Å². The Morgan fingerprint density at radius 2 is 2.26 bits per heavy atom. The molecule has 0 spiro atoms. The van der Waals surface area contributed by atoms with E-state index in [2.05, 4.69) is 51.4 Å². The van der Waals surface area contributed by atoms with Gasteiger partial charge in [0.1, 0.15) is 0 Å². The molecular formula is C15H23BrN2O. The van der Waals surface area contributed by atoms with Gasteiger partial charge in [0, 0.05) is 36.9 Å². The van der Waals surface area contributed by atoms with Crippen LogP contribution in [-0.4, -0.2) is 33.4 Å². The fourth-order valence-electron chi connectivity index (χ4n) is 2.61. The Kier molecular flexibility index (Phi) is 5.67. The lowest BCUT2D eigenvalue weighted by Crippen LogP contribution is -2.34. The number of nitrogens with zero attached hydrogens (tertiary/aromatic N) is 1. The summed E-state index contributed by atoms with van der Waals surface area (Å²) in [5.74, 6) is 0. The number of nitrogens with one attached hydrogen (secondary N) is 1. The average molecular weight is 327 g/mol. The second-order valence-corrected chi connectivity index (χ2v) is 6.09. The lowest BCUT2D eigenvalue weighted by molar-refractivity contribution is 0.0216. The lowest BCUT2D eigenvalue weighted by atomic mass is 10.1. The van der Waals surface area contributed by atoms with Gasteiger partial charge in [-0.3, -0.25) is 0 Å². The van der Waals surface area contributed by atoms with E-state index < -0.39 is 0 Å². The first-order valence-electron chi connectivity index (χ1n) is 6.96. The van der Waals surface area contributed by atoms with Crippen LogP contribution in [0.15, 0.2) is 22.7 Å². The zero-order valence-electron chi connectivity index (χ0n) is 11.8. The summed E-state index contributed by atoms with van der Waals surface area (Å²) in [6.45, 7) is 2.77. The summed E-state index contributed by atoms with van der Waals surface area (Å²) in [5.41, 5.74) is 2.60. The van der Waals surface area contributed by atoms with Crippen molar-refractivity contribution in [1.82, 2.24) is 5.32 Å². The van der Waals surface area contributed by atoms with E-state index in [0.29, 0.717) is 6.10 Å². The van der Waals surface area contributed by atoms with Gasteiger partial charge >= 0.3 is 0 Å².